The number of carbonyl (C=O) groups is 1. The zero-order valence-corrected chi connectivity index (χ0v) is 18.8. The number of ketones is 1. The number of nitrogens with one attached hydrogen (secondary N) is 1. The Kier molecular flexibility index (Phi) is 8.41. The van der Waals surface area contributed by atoms with Crippen molar-refractivity contribution in [3.05, 3.63) is 76.9 Å². The Bertz CT molecular complexity index is 1120. The lowest BCUT2D eigenvalue weighted by atomic mass is 10.0. The number of anilines is 1. The Labute approximate surface area is 186 Å². The van der Waals surface area contributed by atoms with Crippen molar-refractivity contribution >= 4 is 39.3 Å². The van der Waals surface area contributed by atoms with Gasteiger partial charge in [-0.3, -0.25) is 9.52 Å². The summed E-state index contributed by atoms with van der Waals surface area (Å²) in [5.41, 5.74) is 0.290. The van der Waals surface area contributed by atoms with Crippen LogP contribution in [0.1, 0.15) is 31.1 Å². The summed E-state index contributed by atoms with van der Waals surface area (Å²) in [5.74, 6) is 0.0434. The third-order valence-corrected chi connectivity index (χ3v) is 5.52. The summed E-state index contributed by atoms with van der Waals surface area (Å²) < 4.78 is 33.7. The predicted molar refractivity (Wildman–Crippen MR) is 122 cm³/mol. The maximum Gasteiger partial charge on any atom is 0.261 e. The van der Waals surface area contributed by atoms with Gasteiger partial charge in [-0.05, 0) is 69.3 Å². The maximum atomic E-state index is 13.0. The fraction of sp³-hybridized carbons (Fsp3) is 0.182. The number of carbonyl (C=O) groups excluding carboxylic acids is 1. The van der Waals surface area contributed by atoms with Gasteiger partial charge in [-0.15, -0.1) is 0 Å². The van der Waals surface area contributed by atoms with Crippen LogP contribution in [0, 0.1) is 0 Å². The molecule has 2 aromatic rings. The average molecular weight is 463 g/mol. The average Bonchev–Trinajstić information content (AvgIpc) is 2.71. The molecule has 0 amide bonds. The number of hydrogen-bond donors (Lipinski definition) is 2. The van der Waals surface area contributed by atoms with Crippen LogP contribution in [0.2, 0.25) is 5.02 Å². The monoisotopic (exact) mass is 462 g/mol. The molecule has 0 fully saturated rings. The maximum absolute atomic E-state index is 13.0. The van der Waals surface area contributed by atoms with Crippen LogP contribution in [0.15, 0.2) is 76.3 Å². The number of hydrogen-bond acceptors (Lipinski definition) is 6. The molecular formula is C22H23ClN2O5S. The van der Waals surface area contributed by atoms with Gasteiger partial charge in [-0.2, -0.15) is 0 Å². The SMILES string of the molecule is C\C=C/C(=C\C=N\O)C(=O)c1cc(Cl)ccc1NS(=O)(=O)c1ccc(OC(C)C)cc1. The van der Waals surface area contributed by atoms with Gasteiger partial charge >= 0.3 is 0 Å². The zero-order chi connectivity index (χ0) is 23.0. The van der Waals surface area contributed by atoms with Crippen molar-refractivity contribution < 1.29 is 23.2 Å². The van der Waals surface area contributed by atoms with Crippen LogP contribution in [0.5, 0.6) is 5.75 Å². The van der Waals surface area contributed by atoms with Crippen molar-refractivity contribution in [2.45, 2.75) is 31.8 Å². The molecule has 0 radical (unpaired) electrons. The quantitative estimate of drug-likeness (QED) is 0.135. The molecule has 0 heterocycles. The number of nitrogens with zero attached hydrogens (tertiary/aromatic N) is 1. The van der Waals surface area contributed by atoms with Gasteiger partial charge in [-0.1, -0.05) is 28.9 Å². The molecule has 0 aromatic heterocycles. The fourth-order valence-electron chi connectivity index (χ4n) is 2.62. The summed E-state index contributed by atoms with van der Waals surface area (Å²) in [7, 11) is -3.99. The van der Waals surface area contributed by atoms with E-state index in [0.29, 0.717) is 5.75 Å². The van der Waals surface area contributed by atoms with Gasteiger partial charge in [0.15, 0.2) is 5.78 Å². The van der Waals surface area contributed by atoms with Gasteiger partial charge in [0.2, 0.25) is 0 Å². The zero-order valence-electron chi connectivity index (χ0n) is 17.2. The first-order valence-corrected chi connectivity index (χ1v) is 11.2. The number of rotatable bonds is 9. The van der Waals surface area contributed by atoms with Crippen LogP contribution >= 0.6 is 11.6 Å². The standard InChI is InChI=1S/C22H23ClN2O5S/c1-4-5-16(12-13-24-27)22(26)20-14-17(23)6-11-21(20)25-31(28,29)19-9-7-18(8-10-19)30-15(2)3/h4-15,25,27H,1-3H3/b5-4-,16-12+,24-13+. The van der Waals surface area contributed by atoms with E-state index in [0.717, 1.165) is 6.21 Å². The molecule has 0 aliphatic heterocycles. The van der Waals surface area contributed by atoms with Gasteiger partial charge < -0.3 is 9.94 Å². The van der Waals surface area contributed by atoms with Crippen molar-refractivity contribution in [3.63, 3.8) is 0 Å². The van der Waals surface area contributed by atoms with Crippen LogP contribution in [0.25, 0.3) is 0 Å². The minimum absolute atomic E-state index is 0.00795. The number of oxime groups is 1. The van der Waals surface area contributed by atoms with Crippen molar-refractivity contribution in [3.8, 4) is 5.75 Å². The fourth-order valence-corrected chi connectivity index (χ4v) is 3.87. The molecule has 9 heteroatoms. The lowest BCUT2D eigenvalue weighted by Crippen LogP contribution is -2.16. The molecule has 0 unspecified atom stereocenters. The summed E-state index contributed by atoms with van der Waals surface area (Å²) >= 11 is 6.05. The molecule has 0 aliphatic carbocycles. The lowest BCUT2D eigenvalue weighted by molar-refractivity contribution is 0.103. The van der Waals surface area contributed by atoms with Crippen LogP contribution in [-0.2, 0) is 10.0 Å². The van der Waals surface area contributed by atoms with E-state index in [9.17, 15) is 13.2 Å². The summed E-state index contributed by atoms with van der Waals surface area (Å²) in [6.07, 6.45) is 5.44. The second-order valence-corrected chi connectivity index (χ2v) is 8.77. The Balaban J connectivity index is 2.42. The topological polar surface area (TPSA) is 105 Å². The molecule has 2 aromatic carbocycles. The highest BCUT2D eigenvalue weighted by molar-refractivity contribution is 7.92. The largest absolute Gasteiger partial charge is 0.491 e. The highest BCUT2D eigenvalue weighted by atomic mass is 35.5. The van der Waals surface area contributed by atoms with Crippen molar-refractivity contribution in [1.29, 1.82) is 0 Å². The van der Waals surface area contributed by atoms with Crippen molar-refractivity contribution in [2.24, 2.45) is 5.16 Å². The molecule has 7 nitrogen and oxygen atoms in total. The van der Waals surface area contributed by atoms with E-state index in [2.05, 4.69) is 9.88 Å². The Hall–Kier alpha value is -3.10. The van der Waals surface area contributed by atoms with Crippen molar-refractivity contribution in [1.82, 2.24) is 0 Å². The number of sulfonamides is 1. The van der Waals surface area contributed by atoms with Gasteiger partial charge in [0, 0.05) is 16.2 Å². The van der Waals surface area contributed by atoms with Crippen LogP contribution in [0.4, 0.5) is 5.69 Å². The molecule has 0 spiro atoms. The molecule has 0 saturated heterocycles. The molecule has 2 rings (SSSR count). The summed E-state index contributed by atoms with van der Waals surface area (Å²) in [6.45, 7) is 5.45. The van der Waals surface area contributed by atoms with E-state index >= 15 is 0 Å². The van der Waals surface area contributed by atoms with Crippen LogP contribution in [0.3, 0.4) is 0 Å². The molecule has 2 N–H and O–H groups in total. The minimum atomic E-state index is -3.99. The van der Waals surface area contributed by atoms with E-state index in [1.165, 1.54) is 42.5 Å². The second kappa shape index (κ2) is 10.8. The van der Waals surface area contributed by atoms with Gasteiger partial charge in [0.25, 0.3) is 10.0 Å². The first-order valence-electron chi connectivity index (χ1n) is 9.32. The van der Waals surface area contributed by atoms with E-state index < -0.39 is 15.8 Å². The molecular weight excluding hydrogens is 440 g/mol. The van der Waals surface area contributed by atoms with Crippen LogP contribution in [-0.4, -0.2) is 31.7 Å². The number of ether oxygens (including phenoxy) is 1. The number of allylic oxidation sites excluding steroid dienone is 4. The van der Waals surface area contributed by atoms with E-state index in [-0.39, 0.29) is 32.8 Å². The van der Waals surface area contributed by atoms with Gasteiger partial charge in [0.05, 0.1) is 22.9 Å². The highest BCUT2D eigenvalue weighted by Gasteiger charge is 2.21. The Morgan fingerprint density at radius 1 is 1.19 bits per heavy atom. The molecule has 0 aliphatic rings. The first kappa shape index (κ1) is 24.2. The number of benzene rings is 2. The third-order valence-electron chi connectivity index (χ3n) is 3.91. The summed E-state index contributed by atoms with van der Waals surface area (Å²) in [4.78, 5) is 13.0. The molecule has 31 heavy (non-hydrogen) atoms. The Morgan fingerprint density at radius 3 is 2.45 bits per heavy atom. The molecule has 164 valence electrons. The van der Waals surface area contributed by atoms with Crippen molar-refractivity contribution in [2.75, 3.05) is 4.72 Å². The minimum Gasteiger partial charge on any atom is -0.491 e. The van der Waals surface area contributed by atoms with E-state index in [1.54, 1.807) is 25.1 Å². The van der Waals surface area contributed by atoms with E-state index in [4.69, 9.17) is 21.5 Å². The predicted octanol–water partition coefficient (Wildman–Crippen LogP) is 5.07. The third kappa shape index (κ3) is 6.70. The molecule has 0 bridgehead atoms. The molecule has 0 atom stereocenters. The second-order valence-electron chi connectivity index (χ2n) is 6.65. The smallest absolute Gasteiger partial charge is 0.261 e. The summed E-state index contributed by atoms with van der Waals surface area (Å²) in [6, 6.07) is 10.2. The normalized spacial score (nSPS) is 12.6. The van der Waals surface area contributed by atoms with E-state index in [1.807, 2.05) is 13.8 Å². The van der Waals surface area contributed by atoms with Gasteiger partial charge in [-0.25, -0.2) is 8.42 Å². The van der Waals surface area contributed by atoms with Crippen LogP contribution < -0.4 is 9.46 Å². The Morgan fingerprint density at radius 2 is 1.87 bits per heavy atom. The highest BCUT2D eigenvalue weighted by Crippen LogP contribution is 2.27. The number of Topliss-reactive ketones (excluding diaryl/α,β-unsaturated/α-hetero) is 1. The lowest BCUT2D eigenvalue weighted by Gasteiger charge is -2.14. The first-order chi connectivity index (χ1) is 14.7. The van der Waals surface area contributed by atoms with Gasteiger partial charge in [0.1, 0.15) is 5.75 Å². The summed E-state index contributed by atoms with van der Waals surface area (Å²) in [5, 5.41) is 11.8. The number of halogens is 1. The molecule has 0 saturated carbocycles.